The minimum absolute atomic E-state index is 1.02. The first-order valence-corrected chi connectivity index (χ1v) is 10.1. The molecule has 1 heterocycles. The van der Waals surface area contributed by atoms with Gasteiger partial charge in [-0.05, 0) is 37.3 Å². The van der Waals surface area contributed by atoms with Crippen LogP contribution >= 0.6 is 8.19 Å². The largest absolute Gasteiger partial charge is 0.544 e. The van der Waals surface area contributed by atoms with Crippen LogP contribution in [0.4, 0.5) is 0 Å². The highest BCUT2D eigenvalue weighted by Crippen LogP contribution is 2.31. The van der Waals surface area contributed by atoms with E-state index in [0.29, 0.717) is 0 Å². The summed E-state index contributed by atoms with van der Waals surface area (Å²) in [6.45, 7) is 6.61. The molecule has 0 spiro atoms. The van der Waals surface area contributed by atoms with E-state index in [-0.39, 0.29) is 0 Å². The fraction of sp³-hybridized carbons (Fsp3) is 0.214. The van der Waals surface area contributed by atoms with Crippen molar-refractivity contribution in [1.29, 1.82) is 0 Å². The molecule has 0 radical (unpaired) electrons. The van der Waals surface area contributed by atoms with Crippen molar-refractivity contribution >= 4 is 16.5 Å². The summed E-state index contributed by atoms with van der Waals surface area (Å²) in [4.78, 5) is 0. The van der Waals surface area contributed by atoms with Crippen LogP contribution < -0.4 is 4.43 Å². The lowest BCUT2D eigenvalue weighted by Crippen LogP contribution is -2.29. The van der Waals surface area contributed by atoms with Crippen molar-refractivity contribution in [2.45, 2.75) is 19.6 Å². The van der Waals surface area contributed by atoms with Gasteiger partial charge < -0.3 is 4.43 Å². The van der Waals surface area contributed by atoms with Crippen molar-refractivity contribution in [3.05, 3.63) is 48.3 Å². The van der Waals surface area contributed by atoms with E-state index in [1.54, 1.807) is 0 Å². The maximum Gasteiger partial charge on any atom is 0.242 e. The van der Waals surface area contributed by atoms with Crippen LogP contribution in [0.15, 0.2) is 48.3 Å². The number of hydrogen-bond donors (Lipinski definition) is 0. The topological polar surface area (TPSA) is 9.23 Å². The van der Waals surface area contributed by atoms with E-state index in [1.807, 2.05) is 6.07 Å². The molecule has 88 valence electrons. The van der Waals surface area contributed by atoms with Crippen molar-refractivity contribution in [3.63, 3.8) is 0 Å². The van der Waals surface area contributed by atoms with E-state index in [0.717, 1.165) is 5.75 Å². The Hall–Kier alpha value is -1.11. The number of benzene rings is 1. The van der Waals surface area contributed by atoms with Gasteiger partial charge >= 0.3 is 0 Å². The zero-order valence-corrected chi connectivity index (χ0v) is 12.4. The monoisotopic (exact) mass is 260 g/mol. The van der Waals surface area contributed by atoms with Gasteiger partial charge in [0.1, 0.15) is 5.75 Å². The molecule has 17 heavy (non-hydrogen) atoms. The molecule has 0 fully saturated rings. The SMILES string of the molecule is C[Si](C)(C)Oc1ccc(-c2ccccc2)pc1. The van der Waals surface area contributed by atoms with Crippen LogP contribution in [0, 0.1) is 0 Å². The molecule has 1 nitrogen and oxygen atoms in total. The third kappa shape index (κ3) is 3.69. The van der Waals surface area contributed by atoms with Crippen LogP contribution in [0.2, 0.25) is 19.6 Å². The maximum absolute atomic E-state index is 5.96. The minimum Gasteiger partial charge on any atom is -0.544 e. The predicted octanol–water partition coefficient (Wildman–Crippen LogP) is 5.15. The Labute approximate surface area is 106 Å². The van der Waals surface area contributed by atoms with Gasteiger partial charge in [0, 0.05) is 11.1 Å². The van der Waals surface area contributed by atoms with Crippen LogP contribution in [0.25, 0.3) is 10.9 Å². The molecule has 0 unspecified atom stereocenters. The lowest BCUT2D eigenvalue weighted by atomic mass is 10.2. The summed E-state index contributed by atoms with van der Waals surface area (Å²) in [5, 5.41) is 1.33. The van der Waals surface area contributed by atoms with E-state index in [9.17, 15) is 0 Å². The van der Waals surface area contributed by atoms with E-state index < -0.39 is 8.32 Å². The Kier molecular flexibility index (Phi) is 3.65. The molecule has 0 bridgehead atoms. The van der Waals surface area contributed by atoms with Crippen LogP contribution in [0.3, 0.4) is 0 Å². The molecule has 0 aliphatic carbocycles. The van der Waals surface area contributed by atoms with Crippen LogP contribution in [0.1, 0.15) is 0 Å². The predicted molar refractivity (Wildman–Crippen MR) is 78.4 cm³/mol. The molecule has 3 heteroatoms. The van der Waals surface area contributed by atoms with Crippen LogP contribution in [0.5, 0.6) is 5.75 Å². The molecule has 1 aromatic heterocycles. The van der Waals surface area contributed by atoms with Crippen molar-refractivity contribution < 1.29 is 4.43 Å². The van der Waals surface area contributed by atoms with Gasteiger partial charge in [-0.3, -0.25) is 0 Å². The summed E-state index contributed by atoms with van der Waals surface area (Å²) in [5.74, 6) is 3.17. The molecule has 0 amide bonds. The Morgan fingerprint density at radius 1 is 0.941 bits per heavy atom. The van der Waals surface area contributed by atoms with E-state index in [4.69, 9.17) is 4.43 Å². The smallest absolute Gasteiger partial charge is 0.242 e. The van der Waals surface area contributed by atoms with Crippen molar-refractivity contribution in [2.75, 3.05) is 0 Å². The maximum atomic E-state index is 5.96. The summed E-state index contributed by atoms with van der Waals surface area (Å²) in [6, 6.07) is 14.7. The van der Waals surface area contributed by atoms with Gasteiger partial charge in [-0.1, -0.05) is 38.5 Å². The standard InChI is InChI=1S/C14H17OPSi/c1-17(2,3)15-13-9-10-14(16-11-13)12-7-5-4-6-8-12/h4-11H,1-3H3. The highest BCUT2D eigenvalue weighted by Gasteiger charge is 2.15. The Bertz CT molecular complexity index is 474. The highest BCUT2D eigenvalue weighted by atomic mass is 31.0. The van der Waals surface area contributed by atoms with Gasteiger partial charge in [0.25, 0.3) is 0 Å². The second-order valence-corrected chi connectivity index (χ2v) is 10.4. The van der Waals surface area contributed by atoms with Crippen molar-refractivity contribution in [2.24, 2.45) is 0 Å². The first-order chi connectivity index (χ1) is 8.04. The first kappa shape index (κ1) is 12.3. The fourth-order valence-electron chi connectivity index (χ4n) is 1.57. The molecule has 0 aliphatic rings. The summed E-state index contributed by atoms with van der Waals surface area (Å²) in [7, 11) is -0.263. The molecule has 2 aromatic rings. The first-order valence-electron chi connectivity index (χ1n) is 5.75. The molecule has 0 aliphatic heterocycles. The van der Waals surface area contributed by atoms with Crippen molar-refractivity contribution in [3.8, 4) is 16.6 Å². The van der Waals surface area contributed by atoms with Gasteiger partial charge in [-0.15, -0.1) is 0 Å². The molecule has 0 saturated carbocycles. The molecule has 0 atom stereocenters. The van der Waals surface area contributed by atoms with Gasteiger partial charge in [-0.2, -0.15) is 0 Å². The molecule has 0 N–H and O–H groups in total. The molecular weight excluding hydrogens is 243 g/mol. The van der Waals surface area contributed by atoms with Gasteiger partial charge in [0.2, 0.25) is 8.32 Å². The highest BCUT2D eigenvalue weighted by molar-refractivity contribution is 7.33. The van der Waals surface area contributed by atoms with Crippen LogP contribution in [-0.4, -0.2) is 8.32 Å². The molecular formula is C14H17OPSi. The average molecular weight is 260 g/mol. The Morgan fingerprint density at radius 2 is 1.65 bits per heavy atom. The van der Waals surface area contributed by atoms with Gasteiger partial charge in [0.05, 0.1) is 0 Å². The molecule has 1 aromatic carbocycles. The quantitative estimate of drug-likeness (QED) is 0.694. The third-order valence-corrected chi connectivity index (χ3v) is 4.15. The van der Waals surface area contributed by atoms with Crippen LogP contribution in [-0.2, 0) is 0 Å². The summed E-state index contributed by atoms with van der Waals surface area (Å²) < 4.78 is 5.96. The lowest BCUT2D eigenvalue weighted by Gasteiger charge is -2.19. The molecule has 2 rings (SSSR count). The Morgan fingerprint density at radius 3 is 2.18 bits per heavy atom. The average Bonchev–Trinajstić information content (AvgIpc) is 2.29. The van der Waals surface area contributed by atoms with Gasteiger partial charge in [-0.25, -0.2) is 0 Å². The second-order valence-electron chi connectivity index (χ2n) is 4.96. The number of hydrogen-bond acceptors (Lipinski definition) is 1. The van der Waals surface area contributed by atoms with E-state index in [1.165, 1.54) is 19.1 Å². The minimum atomic E-state index is -1.48. The fourth-order valence-corrected chi connectivity index (χ4v) is 3.37. The van der Waals surface area contributed by atoms with Gasteiger partial charge in [0.15, 0.2) is 0 Å². The van der Waals surface area contributed by atoms with E-state index in [2.05, 4.69) is 61.8 Å². The molecule has 0 saturated heterocycles. The summed E-state index contributed by atoms with van der Waals surface area (Å²) in [6.07, 6.45) is 0. The summed E-state index contributed by atoms with van der Waals surface area (Å²) >= 11 is 0. The Balaban J connectivity index is 2.19. The lowest BCUT2D eigenvalue weighted by molar-refractivity contribution is 0.559. The van der Waals surface area contributed by atoms with E-state index >= 15 is 0 Å². The van der Waals surface area contributed by atoms with Crippen molar-refractivity contribution in [1.82, 2.24) is 0 Å². The third-order valence-electron chi connectivity index (χ3n) is 2.23. The normalized spacial score (nSPS) is 11.7. The summed E-state index contributed by atoms with van der Waals surface area (Å²) in [5.41, 5.74) is 1.29. The zero-order chi connectivity index (χ0) is 12.3. The second kappa shape index (κ2) is 5.03. The zero-order valence-electron chi connectivity index (χ0n) is 10.5. The number of rotatable bonds is 3.